The van der Waals surface area contributed by atoms with Crippen molar-refractivity contribution in [1.29, 1.82) is 0 Å². The number of fused-ring (bicyclic) bond motifs is 1. The molecule has 1 aliphatic heterocycles. The molecule has 1 aromatic carbocycles. The van der Waals surface area contributed by atoms with Crippen molar-refractivity contribution in [2.45, 2.75) is 0 Å². The first kappa shape index (κ1) is 13.5. The molecule has 0 aliphatic carbocycles. The molecule has 0 unspecified atom stereocenters. The van der Waals surface area contributed by atoms with E-state index >= 15 is 0 Å². The van der Waals surface area contributed by atoms with Crippen LogP contribution in [0.1, 0.15) is 10.5 Å². The van der Waals surface area contributed by atoms with Crippen molar-refractivity contribution >= 4 is 23.3 Å². The average Bonchev–Trinajstić information content (AvgIpc) is 2.94. The molecule has 5 N–H and O–H groups in total. The summed E-state index contributed by atoms with van der Waals surface area (Å²) in [6, 6.07) is 8.27. The maximum atomic E-state index is 10.8. The normalized spacial score (nSPS) is 12.3. The van der Waals surface area contributed by atoms with Gasteiger partial charge in [-0.3, -0.25) is 4.79 Å². The minimum absolute atomic E-state index is 0.0659. The van der Waals surface area contributed by atoms with Gasteiger partial charge in [0, 0.05) is 18.0 Å². The van der Waals surface area contributed by atoms with Crippen LogP contribution in [-0.2, 0) is 4.79 Å². The lowest BCUT2D eigenvalue weighted by Crippen LogP contribution is -2.25. The highest BCUT2D eigenvalue weighted by Gasteiger charge is 2.14. The number of ether oxygens (including phenoxy) is 1. The van der Waals surface area contributed by atoms with Crippen LogP contribution in [0.15, 0.2) is 36.5 Å². The lowest BCUT2D eigenvalue weighted by molar-refractivity contribution is -0.118. The number of nitrogens with one attached hydrogen (secondary N) is 2. The zero-order valence-corrected chi connectivity index (χ0v) is 10.4. The topological polar surface area (TPSA) is 117 Å². The minimum atomic E-state index is -0.921. The van der Waals surface area contributed by atoms with Gasteiger partial charge in [0.15, 0.2) is 6.61 Å². The number of amides is 1. The number of carbonyl (C=O) groups is 2. The molecule has 0 radical (unpaired) electrons. The van der Waals surface area contributed by atoms with Crippen molar-refractivity contribution in [3.8, 4) is 5.75 Å². The third-order valence-corrected chi connectivity index (χ3v) is 2.47. The predicted octanol–water partition coefficient (Wildman–Crippen LogP) is 1.31. The van der Waals surface area contributed by atoms with E-state index < -0.39 is 5.97 Å². The third-order valence-electron chi connectivity index (χ3n) is 2.47. The monoisotopic (exact) mass is 275 g/mol. The van der Waals surface area contributed by atoms with Gasteiger partial charge < -0.3 is 25.9 Å². The fourth-order valence-corrected chi connectivity index (χ4v) is 1.55. The van der Waals surface area contributed by atoms with E-state index in [1.54, 1.807) is 30.5 Å². The van der Waals surface area contributed by atoms with E-state index in [0.29, 0.717) is 17.1 Å². The van der Waals surface area contributed by atoms with E-state index in [1.807, 2.05) is 0 Å². The Morgan fingerprint density at radius 3 is 2.75 bits per heavy atom. The van der Waals surface area contributed by atoms with E-state index in [0.717, 1.165) is 0 Å². The third kappa shape index (κ3) is 3.29. The van der Waals surface area contributed by atoms with Crippen molar-refractivity contribution in [2.75, 3.05) is 17.7 Å². The second kappa shape index (κ2) is 5.79. The number of nitrogens with two attached hydrogens (primary N) is 1. The van der Waals surface area contributed by atoms with Crippen LogP contribution in [0.4, 0.5) is 11.4 Å². The quantitative estimate of drug-likeness (QED) is 0.585. The number of anilines is 2. The Morgan fingerprint density at radius 2 is 2.15 bits per heavy atom. The molecule has 3 rings (SSSR count). The van der Waals surface area contributed by atoms with Gasteiger partial charge in [-0.25, -0.2) is 4.79 Å². The number of rotatable bonds is 1. The Kier molecular flexibility index (Phi) is 3.90. The van der Waals surface area contributed by atoms with Crippen LogP contribution >= 0.6 is 0 Å². The average molecular weight is 275 g/mol. The molecular weight excluding hydrogens is 262 g/mol. The summed E-state index contributed by atoms with van der Waals surface area (Å²) >= 11 is 0. The zero-order valence-electron chi connectivity index (χ0n) is 10.4. The van der Waals surface area contributed by atoms with Crippen LogP contribution in [0.2, 0.25) is 0 Å². The largest absolute Gasteiger partial charge is 0.482 e. The summed E-state index contributed by atoms with van der Waals surface area (Å²) in [5, 5.41) is 10.9. The Labute approximate surface area is 114 Å². The van der Waals surface area contributed by atoms with Gasteiger partial charge in [0.25, 0.3) is 5.91 Å². The molecule has 0 atom stereocenters. The maximum Gasteiger partial charge on any atom is 0.352 e. The standard InChI is InChI=1S/C8H8N2O2.C5H5NO2/c9-5-1-2-6-7(3-5)12-4-8(11)10-6;7-5(8)4-2-1-3-6-4/h1-3H,4,9H2,(H,10,11);1-3,6H,(H,7,8). The predicted molar refractivity (Wildman–Crippen MR) is 72.7 cm³/mol. The molecule has 7 heteroatoms. The highest BCUT2D eigenvalue weighted by Crippen LogP contribution is 2.29. The number of carbonyl (C=O) groups excluding carboxylic acids is 1. The summed E-state index contributed by atoms with van der Waals surface area (Å²) in [4.78, 5) is 23.4. The van der Waals surface area contributed by atoms with E-state index in [4.69, 9.17) is 15.6 Å². The molecule has 0 bridgehead atoms. The molecule has 104 valence electrons. The van der Waals surface area contributed by atoms with Crippen LogP contribution in [0.3, 0.4) is 0 Å². The van der Waals surface area contributed by atoms with E-state index in [2.05, 4.69) is 10.3 Å². The highest BCUT2D eigenvalue weighted by atomic mass is 16.5. The molecule has 0 saturated carbocycles. The van der Waals surface area contributed by atoms with Crippen LogP contribution in [0, 0.1) is 0 Å². The van der Waals surface area contributed by atoms with Crippen molar-refractivity contribution < 1.29 is 19.4 Å². The highest BCUT2D eigenvalue weighted by molar-refractivity contribution is 5.95. The molecule has 7 nitrogen and oxygen atoms in total. The number of aromatic amines is 1. The van der Waals surface area contributed by atoms with Gasteiger partial charge in [-0.1, -0.05) is 0 Å². The Balaban J connectivity index is 0.000000160. The summed E-state index contributed by atoms with van der Waals surface area (Å²) in [5.41, 5.74) is 7.06. The van der Waals surface area contributed by atoms with Crippen LogP contribution in [0.25, 0.3) is 0 Å². The van der Waals surface area contributed by atoms with Gasteiger partial charge in [-0.15, -0.1) is 0 Å². The van der Waals surface area contributed by atoms with Gasteiger partial charge in [-0.05, 0) is 24.3 Å². The molecule has 0 spiro atoms. The van der Waals surface area contributed by atoms with Crippen molar-refractivity contribution in [3.63, 3.8) is 0 Å². The Morgan fingerprint density at radius 1 is 1.35 bits per heavy atom. The fraction of sp³-hybridized carbons (Fsp3) is 0.0769. The lowest BCUT2D eigenvalue weighted by Gasteiger charge is -2.17. The number of hydrogen-bond acceptors (Lipinski definition) is 4. The van der Waals surface area contributed by atoms with Gasteiger partial charge in [0.2, 0.25) is 0 Å². The number of carboxylic acid groups (broad SMARTS) is 1. The van der Waals surface area contributed by atoms with E-state index in [-0.39, 0.29) is 18.2 Å². The van der Waals surface area contributed by atoms with Gasteiger partial charge >= 0.3 is 5.97 Å². The number of hydrogen-bond donors (Lipinski definition) is 4. The molecule has 1 aromatic heterocycles. The van der Waals surface area contributed by atoms with Crippen molar-refractivity contribution in [1.82, 2.24) is 4.98 Å². The molecule has 2 aromatic rings. The summed E-state index contributed by atoms with van der Waals surface area (Å²) in [5.74, 6) is -0.420. The SMILES string of the molecule is Nc1ccc2c(c1)OCC(=O)N2.O=C(O)c1ccc[nH]1. The van der Waals surface area contributed by atoms with Gasteiger partial charge in [-0.2, -0.15) is 0 Å². The number of carboxylic acids is 1. The first-order valence-corrected chi connectivity index (χ1v) is 5.75. The fourth-order valence-electron chi connectivity index (χ4n) is 1.55. The molecule has 0 saturated heterocycles. The van der Waals surface area contributed by atoms with Gasteiger partial charge in [0.1, 0.15) is 11.4 Å². The van der Waals surface area contributed by atoms with E-state index in [9.17, 15) is 9.59 Å². The number of benzene rings is 1. The summed E-state index contributed by atoms with van der Waals surface area (Å²) in [7, 11) is 0. The van der Waals surface area contributed by atoms with Crippen LogP contribution in [-0.4, -0.2) is 28.6 Å². The molecular formula is C13H13N3O4. The first-order valence-electron chi connectivity index (χ1n) is 5.75. The molecule has 0 fully saturated rings. The van der Waals surface area contributed by atoms with Crippen LogP contribution < -0.4 is 15.8 Å². The van der Waals surface area contributed by atoms with E-state index in [1.165, 1.54) is 6.07 Å². The lowest BCUT2D eigenvalue weighted by atomic mass is 10.2. The molecule has 20 heavy (non-hydrogen) atoms. The number of nitrogen functional groups attached to an aromatic ring is 1. The molecule has 1 aliphatic rings. The van der Waals surface area contributed by atoms with Crippen LogP contribution in [0.5, 0.6) is 5.75 Å². The first-order chi connectivity index (χ1) is 9.56. The Bertz CT molecular complexity index is 623. The second-order valence-electron chi connectivity index (χ2n) is 3.98. The number of aromatic carboxylic acids is 1. The number of H-pyrrole nitrogens is 1. The van der Waals surface area contributed by atoms with Gasteiger partial charge in [0.05, 0.1) is 5.69 Å². The smallest absolute Gasteiger partial charge is 0.352 e. The minimum Gasteiger partial charge on any atom is -0.482 e. The zero-order chi connectivity index (χ0) is 14.5. The summed E-state index contributed by atoms with van der Waals surface area (Å²) in [6.07, 6.45) is 1.57. The van der Waals surface area contributed by atoms with Crippen molar-refractivity contribution in [3.05, 3.63) is 42.2 Å². The summed E-state index contributed by atoms with van der Waals surface area (Å²) in [6.45, 7) is 0.0659. The summed E-state index contributed by atoms with van der Waals surface area (Å²) < 4.78 is 5.12. The second-order valence-corrected chi connectivity index (χ2v) is 3.98. The molecule has 2 heterocycles. The maximum absolute atomic E-state index is 10.8. The Hall–Kier alpha value is -2.96. The molecule has 1 amide bonds. The number of aromatic nitrogens is 1. The van der Waals surface area contributed by atoms with Crippen molar-refractivity contribution in [2.24, 2.45) is 0 Å².